The molecule has 7 heteroatoms. The fourth-order valence-corrected chi connectivity index (χ4v) is 4.76. The fraction of sp³-hybridized carbons (Fsp3) is 0.760. The second-order valence-electron chi connectivity index (χ2n) is 10.2. The Balaban J connectivity index is 0.00000512. The summed E-state index contributed by atoms with van der Waals surface area (Å²) in [6, 6.07) is 0. The minimum absolute atomic E-state index is 0. The van der Waals surface area contributed by atoms with Crippen LogP contribution < -0.4 is 56.5 Å². The smallest absolute Gasteiger partial charge is 0.550 e. The van der Waals surface area contributed by atoms with Gasteiger partial charge in [0.05, 0.1) is 17.6 Å². The van der Waals surface area contributed by atoms with Gasteiger partial charge in [0, 0.05) is 18.3 Å². The molecule has 2 rings (SSSR count). The van der Waals surface area contributed by atoms with Gasteiger partial charge in [-0.3, -0.25) is 4.79 Å². The van der Waals surface area contributed by atoms with E-state index in [1.54, 1.807) is 0 Å². The minimum Gasteiger partial charge on any atom is -0.550 e. The maximum Gasteiger partial charge on any atom is 1.00 e. The second-order valence-corrected chi connectivity index (χ2v) is 10.2. The Kier molecular flexibility index (Phi) is 12.3. The van der Waals surface area contributed by atoms with E-state index >= 15 is 0 Å². The van der Waals surface area contributed by atoms with E-state index in [1.165, 1.54) is 5.57 Å². The number of aliphatic hydroxyl groups is 2. The summed E-state index contributed by atoms with van der Waals surface area (Å²) in [5, 5.41) is 30.8. The van der Waals surface area contributed by atoms with Crippen LogP contribution >= 0.6 is 0 Å². The summed E-state index contributed by atoms with van der Waals surface area (Å²) >= 11 is 0. The number of aliphatic carboxylic acids is 1. The van der Waals surface area contributed by atoms with E-state index < -0.39 is 30.0 Å². The van der Waals surface area contributed by atoms with Gasteiger partial charge in [0.2, 0.25) is 0 Å². The van der Waals surface area contributed by atoms with Crippen molar-refractivity contribution >= 4 is 11.9 Å². The molecule has 0 saturated heterocycles. The number of aliphatic hydroxyl groups excluding tert-OH is 2. The summed E-state index contributed by atoms with van der Waals surface area (Å²) in [5.41, 5.74) is 0.669. The van der Waals surface area contributed by atoms with Crippen LogP contribution in [-0.2, 0) is 14.3 Å². The Hall–Kier alpha value is -0.0236. The molecule has 32 heavy (non-hydrogen) atoms. The zero-order chi connectivity index (χ0) is 23.3. The number of fused-ring (bicyclic) bond motifs is 1. The van der Waals surface area contributed by atoms with Crippen LogP contribution in [0.1, 0.15) is 73.1 Å². The molecule has 0 spiro atoms. The number of hydrogen-bond acceptors (Lipinski definition) is 6. The van der Waals surface area contributed by atoms with Gasteiger partial charge in [-0.1, -0.05) is 39.0 Å². The van der Waals surface area contributed by atoms with Gasteiger partial charge in [0.25, 0.3) is 0 Å². The van der Waals surface area contributed by atoms with E-state index in [2.05, 4.69) is 32.1 Å². The molecular formula is C25H39KO6. The predicted molar refractivity (Wildman–Crippen MR) is 117 cm³/mol. The van der Waals surface area contributed by atoms with Crippen molar-refractivity contribution in [2.45, 2.75) is 91.5 Å². The predicted octanol–water partition coefficient (Wildman–Crippen LogP) is -0.225. The van der Waals surface area contributed by atoms with Crippen molar-refractivity contribution in [2.75, 3.05) is 0 Å². The normalized spacial score (nSPS) is 29.2. The van der Waals surface area contributed by atoms with Gasteiger partial charge in [0.15, 0.2) is 0 Å². The van der Waals surface area contributed by atoms with Crippen molar-refractivity contribution in [3.63, 3.8) is 0 Å². The number of carbonyl (C=O) groups is 2. The van der Waals surface area contributed by atoms with Crippen LogP contribution in [0.15, 0.2) is 23.8 Å². The van der Waals surface area contributed by atoms with Crippen LogP contribution in [0.2, 0.25) is 0 Å². The Morgan fingerprint density at radius 3 is 2.50 bits per heavy atom. The second kappa shape index (κ2) is 13.2. The van der Waals surface area contributed by atoms with Crippen LogP contribution in [0.25, 0.3) is 0 Å². The summed E-state index contributed by atoms with van der Waals surface area (Å²) in [6.07, 6.45) is 6.66. The quantitative estimate of drug-likeness (QED) is 0.335. The number of ether oxygens (including phenoxy) is 1. The fourth-order valence-electron chi connectivity index (χ4n) is 4.76. The average molecular weight is 475 g/mol. The SMILES string of the molecule is CCC(C)(C)C(=O)O[C@H]1C[C@@H](C)C=C2C=C[C@H](C)[C@H](CC[C@@H](O)C[C@@H](O)CC(=O)[O-])[C@H]21.[K+]. The van der Waals surface area contributed by atoms with Crippen molar-refractivity contribution in [1.82, 2.24) is 0 Å². The molecule has 0 aromatic carbocycles. The third-order valence-corrected chi connectivity index (χ3v) is 7.07. The standard InChI is InChI=1S/C25H40O6.K/c1-6-25(4,5)24(30)31-21-12-15(2)11-17-8-7-16(3)20(23(17)21)10-9-18(26)13-19(27)14-22(28)29;/h7-8,11,15-16,18-21,23,26-27H,6,9-10,12-14H2,1-5H3,(H,28,29);/q;+1/p-1/t15-,16-,18+,19+,20-,21-,23-;/m0./s1. The summed E-state index contributed by atoms with van der Waals surface area (Å²) in [4.78, 5) is 23.5. The molecule has 0 amide bonds. The van der Waals surface area contributed by atoms with Crippen molar-refractivity contribution in [3.05, 3.63) is 23.8 Å². The molecule has 176 valence electrons. The number of esters is 1. The molecular weight excluding hydrogens is 435 g/mol. The maximum atomic E-state index is 12.8. The molecule has 7 atom stereocenters. The first kappa shape index (κ1) is 30.0. The Bertz CT molecular complexity index is 701. The van der Waals surface area contributed by atoms with Gasteiger partial charge in [-0.25, -0.2) is 0 Å². The van der Waals surface area contributed by atoms with Crippen LogP contribution in [0.3, 0.4) is 0 Å². The molecule has 2 aliphatic carbocycles. The first-order chi connectivity index (χ1) is 14.4. The Labute approximate surface area is 235 Å². The van der Waals surface area contributed by atoms with Gasteiger partial charge in [-0.15, -0.1) is 0 Å². The zero-order valence-electron chi connectivity index (χ0n) is 20.5. The third kappa shape index (κ3) is 8.33. The summed E-state index contributed by atoms with van der Waals surface area (Å²) in [7, 11) is 0. The van der Waals surface area contributed by atoms with Crippen LogP contribution in [0.4, 0.5) is 0 Å². The molecule has 0 aliphatic heterocycles. The molecule has 0 unspecified atom stereocenters. The van der Waals surface area contributed by atoms with Crippen molar-refractivity contribution in [1.29, 1.82) is 0 Å². The van der Waals surface area contributed by atoms with Crippen molar-refractivity contribution < 1.29 is 81.0 Å². The Morgan fingerprint density at radius 2 is 1.91 bits per heavy atom. The summed E-state index contributed by atoms with van der Waals surface area (Å²) < 4.78 is 6.09. The number of carboxylic acids is 1. The van der Waals surface area contributed by atoms with Gasteiger partial charge in [0.1, 0.15) is 6.10 Å². The maximum absolute atomic E-state index is 12.8. The Morgan fingerprint density at radius 1 is 1.25 bits per heavy atom. The summed E-state index contributed by atoms with van der Waals surface area (Å²) in [5.74, 6) is -0.641. The molecule has 2 N–H and O–H groups in total. The molecule has 2 aliphatic rings. The van der Waals surface area contributed by atoms with Crippen molar-refractivity contribution in [3.8, 4) is 0 Å². The van der Waals surface area contributed by atoms with E-state index in [0.29, 0.717) is 25.2 Å². The van der Waals surface area contributed by atoms with Gasteiger partial charge >= 0.3 is 57.4 Å². The zero-order valence-corrected chi connectivity index (χ0v) is 23.7. The number of allylic oxidation sites excluding steroid dienone is 3. The number of carboxylic acid groups (broad SMARTS) is 1. The van der Waals surface area contributed by atoms with Gasteiger partial charge in [-0.05, 0) is 69.3 Å². The van der Waals surface area contributed by atoms with E-state index in [1.807, 2.05) is 20.8 Å². The summed E-state index contributed by atoms with van der Waals surface area (Å²) in [6.45, 7) is 10.1. The number of carbonyl (C=O) groups excluding carboxylic acids is 2. The average Bonchev–Trinajstić information content (AvgIpc) is 2.66. The molecule has 0 saturated carbocycles. The molecule has 6 nitrogen and oxygen atoms in total. The molecule has 0 bridgehead atoms. The number of hydrogen-bond donors (Lipinski definition) is 2. The van der Waals surface area contributed by atoms with Crippen LogP contribution in [0.5, 0.6) is 0 Å². The molecule has 0 aromatic rings. The van der Waals surface area contributed by atoms with E-state index in [9.17, 15) is 24.9 Å². The van der Waals surface area contributed by atoms with Crippen LogP contribution in [-0.4, -0.2) is 40.5 Å². The molecule has 0 radical (unpaired) electrons. The minimum atomic E-state index is -1.32. The van der Waals surface area contributed by atoms with Gasteiger partial charge < -0.3 is 24.9 Å². The van der Waals surface area contributed by atoms with E-state index in [-0.39, 0.29) is 87.6 Å². The van der Waals surface area contributed by atoms with E-state index in [4.69, 9.17) is 4.74 Å². The topological polar surface area (TPSA) is 107 Å². The first-order valence-corrected chi connectivity index (χ1v) is 11.6. The third-order valence-electron chi connectivity index (χ3n) is 7.07. The van der Waals surface area contributed by atoms with Gasteiger partial charge in [-0.2, -0.15) is 0 Å². The number of rotatable bonds is 10. The van der Waals surface area contributed by atoms with E-state index in [0.717, 1.165) is 6.42 Å². The molecule has 0 aromatic heterocycles. The largest absolute Gasteiger partial charge is 1.00 e. The first-order valence-electron chi connectivity index (χ1n) is 11.6. The monoisotopic (exact) mass is 474 g/mol. The van der Waals surface area contributed by atoms with Crippen LogP contribution in [0, 0.1) is 29.1 Å². The molecule has 0 fully saturated rings. The molecule has 0 heterocycles. The van der Waals surface area contributed by atoms with Crippen molar-refractivity contribution in [2.24, 2.45) is 29.1 Å².